The van der Waals surface area contributed by atoms with Crippen molar-refractivity contribution in [1.29, 1.82) is 0 Å². The standard InChI is InChI=1S/C34H31O3S3/c1-24(35)38-21-27-9-15-31(16-10-27)34(30-7-5-4-6-8-30,32-17-11-28(12-18-32)22-39-25(2)36)33-19-13-29(14-20-33)23-40-26(3)37/h5-20H,21-23H2,1-3H3. The Morgan fingerprint density at radius 2 is 0.775 bits per heavy atom. The Labute approximate surface area is 249 Å². The molecule has 0 atom stereocenters. The van der Waals surface area contributed by atoms with Gasteiger partial charge in [-0.05, 0) is 45.0 Å². The molecule has 4 rings (SSSR count). The zero-order valence-corrected chi connectivity index (χ0v) is 25.3. The van der Waals surface area contributed by atoms with E-state index in [1.807, 2.05) is 12.1 Å². The molecular weight excluding hydrogens is 553 g/mol. The van der Waals surface area contributed by atoms with Gasteiger partial charge in [0, 0.05) is 38.0 Å². The van der Waals surface area contributed by atoms with Gasteiger partial charge in [-0.1, -0.05) is 132 Å². The van der Waals surface area contributed by atoms with E-state index in [1.165, 1.54) is 35.3 Å². The van der Waals surface area contributed by atoms with Gasteiger partial charge in [0.1, 0.15) is 0 Å². The van der Waals surface area contributed by atoms with Crippen molar-refractivity contribution in [1.82, 2.24) is 0 Å². The Balaban J connectivity index is 1.88. The maximum atomic E-state index is 11.5. The molecule has 0 aliphatic rings. The smallest absolute Gasteiger partial charge is 0.186 e. The molecule has 0 saturated heterocycles. The lowest BCUT2D eigenvalue weighted by molar-refractivity contribution is -0.109. The van der Waals surface area contributed by atoms with E-state index in [0.717, 1.165) is 38.9 Å². The van der Waals surface area contributed by atoms with Crippen LogP contribution in [0.5, 0.6) is 0 Å². The molecule has 0 fully saturated rings. The van der Waals surface area contributed by atoms with Gasteiger partial charge in [0.2, 0.25) is 0 Å². The number of hydrogen-bond donors (Lipinski definition) is 0. The summed E-state index contributed by atoms with van der Waals surface area (Å²) in [5, 5.41) is 0.306. The van der Waals surface area contributed by atoms with Crippen LogP contribution in [0, 0.1) is 6.07 Å². The van der Waals surface area contributed by atoms with E-state index in [2.05, 4.69) is 91.0 Å². The fraction of sp³-hybridized carbons (Fsp3) is 0.206. The van der Waals surface area contributed by atoms with Crippen molar-refractivity contribution in [2.75, 3.05) is 0 Å². The molecule has 3 nitrogen and oxygen atoms in total. The summed E-state index contributed by atoms with van der Waals surface area (Å²) in [5.41, 5.74) is 7.06. The van der Waals surface area contributed by atoms with Crippen LogP contribution in [0.4, 0.5) is 0 Å². The van der Waals surface area contributed by atoms with Crippen LogP contribution in [0.15, 0.2) is 97.1 Å². The molecule has 0 bridgehead atoms. The highest BCUT2D eigenvalue weighted by molar-refractivity contribution is 8.13. The third kappa shape index (κ3) is 7.36. The summed E-state index contributed by atoms with van der Waals surface area (Å²) in [6, 6.07) is 36.8. The molecule has 0 N–H and O–H groups in total. The Bertz CT molecular complexity index is 1300. The minimum absolute atomic E-state index is 0.102. The summed E-state index contributed by atoms with van der Waals surface area (Å²) in [6.45, 7) is 4.77. The number of benzene rings is 4. The fourth-order valence-electron chi connectivity index (χ4n) is 4.74. The van der Waals surface area contributed by atoms with Crippen molar-refractivity contribution in [3.8, 4) is 0 Å². The first-order valence-corrected chi connectivity index (χ1v) is 15.9. The van der Waals surface area contributed by atoms with Gasteiger partial charge in [-0.25, -0.2) is 0 Å². The van der Waals surface area contributed by atoms with Gasteiger partial charge in [0.05, 0.1) is 5.41 Å². The average Bonchev–Trinajstić information content (AvgIpc) is 2.96. The van der Waals surface area contributed by atoms with E-state index < -0.39 is 5.41 Å². The van der Waals surface area contributed by atoms with Crippen molar-refractivity contribution in [2.45, 2.75) is 43.4 Å². The second-order valence-corrected chi connectivity index (χ2v) is 12.9. The van der Waals surface area contributed by atoms with E-state index in [4.69, 9.17) is 0 Å². The molecule has 0 spiro atoms. The maximum Gasteiger partial charge on any atom is 0.186 e. The zero-order valence-electron chi connectivity index (χ0n) is 22.8. The largest absolute Gasteiger partial charge is 0.288 e. The lowest BCUT2D eigenvalue weighted by atomic mass is 9.65. The number of carbonyl (C=O) groups is 3. The molecule has 0 aromatic heterocycles. The normalized spacial score (nSPS) is 11.3. The number of hydrogen-bond acceptors (Lipinski definition) is 6. The highest BCUT2D eigenvalue weighted by Gasteiger charge is 2.38. The second kappa shape index (κ2) is 14.0. The molecule has 203 valence electrons. The SMILES string of the molecule is CC(=O)SCc1ccc(C(c2cc[c]cc2)(c2ccc(CSC(C)=O)cc2)c2ccc(CSC(C)=O)cc2)cc1. The van der Waals surface area contributed by atoms with E-state index in [-0.39, 0.29) is 15.3 Å². The quantitative estimate of drug-likeness (QED) is 0.175. The summed E-state index contributed by atoms with van der Waals surface area (Å²) in [5.74, 6) is 1.90. The second-order valence-electron chi connectivity index (χ2n) is 9.47. The summed E-state index contributed by atoms with van der Waals surface area (Å²) >= 11 is 3.92. The van der Waals surface area contributed by atoms with Crippen LogP contribution in [-0.4, -0.2) is 15.3 Å². The van der Waals surface area contributed by atoms with Crippen molar-refractivity contribution in [2.24, 2.45) is 0 Å². The predicted molar refractivity (Wildman–Crippen MR) is 170 cm³/mol. The summed E-state index contributed by atoms with van der Waals surface area (Å²) in [4.78, 5) is 34.6. The summed E-state index contributed by atoms with van der Waals surface area (Å²) in [6.07, 6.45) is 0. The van der Waals surface area contributed by atoms with Crippen molar-refractivity contribution < 1.29 is 14.4 Å². The van der Waals surface area contributed by atoms with Crippen LogP contribution >= 0.6 is 35.3 Å². The highest BCUT2D eigenvalue weighted by Crippen LogP contribution is 2.45. The van der Waals surface area contributed by atoms with Gasteiger partial charge < -0.3 is 0 Å². The average molecular weight is 584 g/mol. The Kier molecular flexibility index (Phi) is 10.5. The van der Waals surface area contributed by atoms with Crippen molar-refractivity contribution >= 4 is 50.6 Å². The van der Waals surface area contributed by atoms with Crippen molar-refractivity contribution in [3.63, 3.8) is 0 Å². The number of carbonyl (C=O) groups excluding carboxylic acids is 3. The van der Waals surface area contributed by atoms with Crippen molar-refractivity contribution in [3.05, 3.63) is 142 Å². The molecule has 0 amide bonds. The predicted octanol–water partition coefficient (Wildman–Crippen LogP) is 8.21. The van der Waals surface area contributed by atoms with E-state index >= 15 is 0 Å². The number of rotatable bonds is 10. The van der Waals surface area contributed by atoms with Crippen LogP contribution in [0.25, 0.3) is 0 Å². The Morgan fingerprint density at radius 3 is 1.05 bits per heavy atom. The molecule has 0 aliphatic carbocycles. The van der Waals surface area contributed by atoms with Gasteiger partial charge in [0.15, 0.2) is 15.3 Å². The van der Waals surface area contributed by atoms with Crippen LogP contribution in [0.2, 0.25) is 0 Å². The molecule has 0 heterocycles. The molecule has 6 heteroatoms. The lowest BCUT2D eigenvalue weighted by Gasteiger charge is -2.37. The zero-order chi connectivity index (χ0) is 28.5. The third-order valence-electron chi connectivity index (χ3n) is 6.64. The molecule has 1 radical (unpaired) electrons. The fourth-order valence-corrected chi connectivity index (χ4v) is 6.43. The van der Waals surface area contributed by atoms with Gasteiger partial charge in [0.25, 0.3) is 0 Å². The van der Waals surface area contributed by atoms with E-state index in [1.54, 1.807) is 20.8 Å². The van der Waals surface area contributed by atoms with Gasteiger partial charge >= 0.3 is 0 Å². The summed E-state index contributed by atoms with van der Waals surface area (Å²) < 4.78 is 0. The number of thioether (sulfide) groups is 3. The van der Waals surface area contributed by atoms with Gasteiger partial charge in [-0.3, -0.25) is 14.4 Å². The molecule has 0 saturated carbocycles. The first-order valence-electron chi connectivity index (χ1n) is 12.9. The minimum Gasteiger partial charge on any atom is -0.288 e. The maximum absolute atomic E-state index is 11.5. The highest BCUT2D eigenvalue weighted by atomic mass is 32.2. The van der Waals surface area contributed by atoms with Crippen LogP contribution in [-0.2, 0) is 37.1 Å². The molecule has 4 aromatic carbocycles. The van der Waals surface area contributed by atoms with E-state index in [9.17, 15) is 14.4 Å². The van der Waals surface area contributed by atoms with Gasteiger partial charge in [-0.15, -0.1) is 0 Å². The minimum atomic E-state index is -0.625. The first kappa shape index (κ1) is 29.9. The van der Waals surface area contributed by atoms with Crippen LogP contribution < -0.4 is 0 Å². The monoisotopic (exact) mass is 583 g/mol. The topological polar surface area (TPSA) is 51.2 Å². The molecule has 0 aliphatic heterocycles. The van der Waals surface area contributed by atoms with Crippen LogP contribution in [0.3, 0.4) is 0 Å². The first-order chi connectivity index (χ1) is 19.3. The molecule has 0 unspecified atom stereocenters. The Hall–Kier alpha value is -3.06. The van der Waals surface area contributed by atoms with Gasteiger partial charge in [-0.2, -0.15) is 0 Å². The van der Waals surface area contributed by atoms with E-state index in [0.29, 0.717) is 17.3 Å². The summed E-state index contributed by atoms with van der Waals surface area (Å²) in [7, 11) is 0. The molecule has 4 aromatic rings. The molecular formula is C34H31O3S3. The third-order valence-corrected chi connectivity index (χ3v) is 9.29. The lowest BCUT2D eigenvalue weighted by Crippen LogP contribution is -2.31. The Morgan fingerprint density at radius 1 is 0.500 bits per heavy atom. The molecule has 40 heavy (non-hydrogen) atoms. The van der Waals surface area contributed by atoms with Crippen LogP contribution in [0.1, 0.15) is 59.7 Å².